The van der Waals surface area contributed by atoms with Crippen molar-refractivity contribution in [3.05, 3.63) is 40.2 Å². The maximum absolute atomic E-state index is 11.9. The Morgan fingerprint density at radius 3 is 2.55 bits per heavy atom. The molecule has 20 heavy (non-hydrogen) atoms. The largest absolute Gasteiger partial charge is 0.423 e. The Morgan fingerprint density at radius 1 is 1.30 bits per heavy atom. The predicted octanol–water partition coefficient (Wildman–Crippen LogP) is 0.767. The van der Waals surface area contributed by atoms with E-state index < -0.39 is 11.9 Å². The minimum absolute atomic E-state index is 0.111. The second kappa shape index (κ2) is 5.64. The third kappa shape index (κ3) is 3.08. The van der Waals surface area contributed by atoms with Crippen LogP contribution in [0.15, 0.2) is 21.6 Å². The molecule has 0 spiro atoms. The maximum Gasteiger partial charge on any atom is 0.272 e. The molecule has 106 valence electrons. The number of aromatic nitrogens is 4. The monoisotopic (exact) mass is 277 g/mol. The molecular formula is C12H15N5O3. The smallest absolute Gasteiger partial charge is 0.272 e. The van der Waals surface area contributed by atoms with Gasteiger partial charge in [-0.25, -0.2) is 4.98 Å². The highest BCUT2D eigenvalue weighted by Gasteiger charge is 2.18. The molecule has 0 aliphatic rings. The SMILES string of the molecule is CC(C)c1nnc([C@H](C)NC(=O)c2c[nH]c(=O)cn2)o1. The molecule has 2 aromatic rings. The molecule has 0 fully saturated rings. The van der Waals surface area contributed by atoms with Crippen LogP contribution in [0.4, 0.5) is 0 Å². The van der Waals surface area contributed by atoms with E-state index in [1.54, 1.807) is 6.92 Å². The van der Waals surface area contributed by atoms with Gasteiger partial charge in [0.25, 0.3) is 11.5 Å². The zero-order valence-electron chi connectivity index (χ0n) is 11.4. The Hall–Kier alpha value is -2.51. The standard InChI is InChI=1S/C12H15N5O3/c1-6(2)11-16-17-12(20-11)7(3)15-10(19)8-4-14-9(18)5-13-8/h4-7H,1-3H3,(H,14,18)(H,15,19)/t7-/m0/s1. The van der Waals surface area contributed by atoms with Gasteiger partial charge in [-0.1, -0.05) is 13.8 Å². The van der Waals surface area contributed by atoms with E-state index in [9.17, 15) is 9.59 Å². The van der Waals surface area contributed by atoms with Crippen molar-refractivity contribution in [1.29, 1.82) is 0 Å². The fraction of sp³-hybridized carbons (Fsp3) is 0.417. The molecule has 2 N–H and O–H groups in total. The minimum atomic E-state index is -0.448. The van der Waals surface area contributed by atoms with Crippen LogP contribution in [0.1, 0.15) is 55.0 Å². The van der Waals surface area contributed by atoms with E-state index in [4.69, 9.17) is 4.42 Å². The van der Waals surface area contributed by atoms with Crippen LogP contribution in [0.2, 0.25) is 0 Å². The van der Waals surface area contributed by atoms with Crippen LogP contribution < -0.4 is 10.9 Å². The molecule has 0 radical (unpaired) electrons. The van der Waals surface area contributed by atoms with E-state index in [2.05, 4.69) is 25.5 Å². The number of carbonyl (C=O) groups excluding carboxylic acids is 1. The van der Waals surface area contributed by atoms with Gasteiger partial charge in [0.15, 0.2) is 0 Å². The van der Waals surface area contributed by atoms with Crippen LogP contribution in [0.5, 0.6) is 0 Å². The minimum Gasteiger partial charge on any atom is -0.423 e. The fourth-order valence-corrected chi connectivity index (χ4v) is 1.45. The summed E-state index contributed by atoms with van der Waals surface area (Å²) < 4.78 is 5.45. The molecule has 8 heteroatoms. The van der Waals surface area contributed by atoms with E-state index in [1.807, 2.05) is 13.8 Å². The number of amides is 1. The van der Waals surface area contributed by atoms with Gasteiger partial charge in [0, 0.05) is 12.1 Å². The van der Waals surface area contributed by atoms with Crippen molar-refractivity contribution in [3.8, 4) is 0 Å². The lowest BCUT2D eigenvalue weighted by Gasteiger charge is -2.09. The molecule has 1 amide bonds. The molecule has 2 aromatic heterocycles. The molecule has 0 aliphatic heterocycles. The zero-order chi connectivity index (χ0) is 14.7. The molecule has 0 unspecified atom stereocenters. The molecule has 0 aliphatic carbocycles. The van der Waals surface area contributed by atoms with Crippen LogP contribution >= 0.6 is 0 Å². The number of nitrogens with zero attached hydrogens (tertiary/aromatic N) is 3. The first-order valence-corrected chi connectivity index (χ1v) is 6.16. The first-order valence-electron chi connectivity index (χ1n) is 6.16. The van der Waals surface area contributed by atoms with Gasteiger partial charge in [0.1, 0.15) is 11.7 Å². The molecule has 0 saturated heterocycles. The number of nitrogens with one attached hydrogen (secondary N) is 2. The molecule has 0 saturated carbocycles. The summed E-state index contributed by atoms with van der Waals surface area (Å²) in [6, 6.07) is -0.448. The van der Waals surface area contributed by atoms with Crippen LogP contribution in [-0.2, 0) is 0 Å². The zero-order valence-corrected chi connectivity index (χ0v) is 11.4. The summed E-state index contributed by atoms with van der Waals surface area (Å²) in [5.41, 5.74) is -0.256. The summed E-state index contributed by atoms with van der Waals surface area (Å²) in [7, 11) is 0. The molecule has 1 atom stereocenters. The summed E-state index contributed by atoms with van der Waals surface area (Å²) in [6.45, 7) is 5.59. The van der Waals surface area contributed by atoms with E-state index in [0.717, 1.165) is 6.20 Å². The van der Waals surface area contributed by atoms with Crippen molar-refractivity contribution in [2.24, 2.45) is 0 Å². The lowest BCUT2D eigenvalue weighted by molar-refractivity contribution is 0.0928. The van der Waals surface area contributed by atoms with Crippen molar-refractivity contribution < 1.29 is 9.21 Å². The summed E-state index contributed by atoms with van der Waals surface area (Å²) in [5.74, 6) is 0.535. The molecular weight excluding hydrogens is 262 g/mol. The average Bonchev–Trinajstić information content (AvgIpc) is 2.89. The summed E-state index contributed by atoms with van der Waals surface area (Å²) >= 11 is 0. The number of carbonyl (C=O) groups is 1. The van der Waals surface area contributed by atoms with E-state index in [-0.39, 0.29) is 17.2 Å². The molecule has 0 bridgehead atoms. The Morgan fingerprint density at radius 2 is 2.00 bits per heavy atom. The van der Waals surface area contributed by atoms with Crippen LogP contribution in [-0.4, -0.2) is 26.1 Å². The first kappa shape index (κ1) is 13.9. The molecule has 0 aromatic carbocycles. The predicted molar refractivity (Wildman–Crippen MR) is 69.1 cm³/mol. The van der Waals surface area contributed by atoms with Crippen LogP contribution in [0.25, 0.3) is 0 Å². The number of H-pyrrole nitrogens is 1. The van der Waals surface area contributed by atoms with Gasteiger partial charge in [0.05, 0.1) is 6.20 Å². The van der Waals surface area contributed by atoms with Crippen molar-refractivity contribution in [1.82, 2.24) is 25.5 Å². The normalized spacial score (nSPS) is 12.4. The average molecular weight is 277 g/mol. The highest BCUT2D eigenvalue weighted by Crippen LogP contribution is 2.16. The van der Waals surface area contributed by atoms with Crippen LogP contribution in [0.3, 0.4) is 0 Å². The summed E-state index contributed by atoms with van der Waals surface area (Å²) in [5, 5.41) is 10.5. The lowest BCUT2D eigenvalue weighted by atomic mass is 10.2. The number of hydrogen-bond donors (Lipinski definition) is 2. The first-order chi connectivity index (χ1) is 9.47. The van der Waals surface area contributed by atoms with Gasteiger partial charge in [-0.3, -0.25) is 9.59 Å². The highest BCUT2D eigenvalue weighted by molar-refractivity contribution is 5.92. The number of aromatic amines is 1. The highest BCUT2D eigenvalue weighted by atomic mass is 16.4. The van der Waals surface area contributed by atoms with E-state index in [0.29, 0.717) is 11.8 Å². The topological polar surface area (TPSA) is 114 Å². The van der Waals surface area contributed by atoms with Gasteiger partial charge >= 0.3 is 0 Å². The molecule has 2 heterocycles. The van der Waals surface area contributed by atoms with Crippen molar-refractivity contribution in [2.45, 2.75) is 32.7 Å². The van der Waals surface area contributed by atoms with Gasteiger partial charge in [-0.15, -0.1) is 10.2 Å². The van der Waals surface area contributed by atoms with Gasteiger partial charge < -0.3 is 14.7 Å². The quantitative estimate of drug-likeness (QED) is 0.853. The second-order valence-electron chi connectivity index (χ2n) is 4.62. The Kier molecular flexibility index (Phi) is 3.92. The number of hydrogen-bond acceptors (Lipinski definition) is 6. The number of rotatable bonds is 4. The molecule has 2 rings (SSSR count). The molecule has 8 nitrogen and oxygen atoms in total. The van der Waals surface area contributed by atoms with Gasteiger partial charge in [-0.05, 0) is 6.92 Å². The van der Waals surface area contributed by atoms with Crippen molar-refractivity contribution in [3.63, 3.8) is 0 Å². The second-order valence-corrected chi connectivity index (χ2v) is 4.62. The maximum atomic E-state index is 11.9. The lowest BCUT2D eigenvalue weighted by Crippen LogP contribution is -2.28. The third-order valence-corrected chi connectivity index (χ3v) is 2.57. The van der Waals surface area contributed by atoms with E-state index >= 15 is 0 Å². The van der Waals surface area contributed by atoms with Crippen LogP contribution in [0, 0.1) is 0 Å². The Bertz CT molecular complexity index is 641. The Labute approximate surface area is 114 Å². The summed E-state index contributed by atoms with van der Waals surface area (Å²) in [4.78, 5) is 28.9. The third-order valence-electron chi connectivity index (χ3n) is 2.57. The van der Waals surface area contributed by atoms with Gasteiger partial charge in [0.2, 0.25) is 11.8 Å². The fourth-order valence-electron chi connectivity index (χ4n) is 1.45. The van der Waals surface area contributed by atoms with Crippen molar-refractivity contribution >= 4 is 5.91 Å². The van der Waals surface area contributed by atoms with E-state index in [1.165, 1.54) is 6.20 Å². The van der Waals surface area contributed by atoms with Gasteiger partial charge in [-0.2, -0.15) is 0 Å². The van der Waals surface area contributed by atoms with Crippen molar-refractivity contribution in [2.75, 3.05) is 0 Å². The summed E-state index contributed by atoms with van der Waals surface area (Å²) in [6.07, 6.45) is 2.29. The Balaban J connectivity index is 2.06.